The van der Waals surface area contributed by atoms with Crippen molar-refractivity contribution < 1.29 is 14.7 Å². The number of rotatable bonds is 3. The number of aromatic carboxylic acids is 1. The van der Waals surface area contributed by atoms with E-state index in [9.17, 15) is 9.59 Å². The fraction of sp³-hybridized carbons (Fsp3) is 0.583. The Labute approximate surface area is 105 Å². The molecule has 2 rings (SSSR count). The van der Waals surface area contributed by atoms with Gasteiger partial charge in [0.2, 0.25) is 5.91 Å². The summed E-state index contributed by atoms with van der Waals surface area (Å²) in [5.41, 5.74) is 1.56. The molecule has 6 nitrogen and oxygen atoms in total. The lowest BCUT2D eigenvalue weighted by atomic mass is 10.0. The monoisotopic (exact) mass is 251 g/mol. The van der Waals surface area contributed by atoms with Crippen molar-refractivity contribution in [1.82, 2.24) is 15.1 Å². The first-order valence-electron chi connectivity index (χ1n) is 6.06. The summed E-state index contributed by atoms with van der Waals surface area (Å²) in [5, 5.41) is 15.5. The lowest BCUT2D eigenvalue weighted by Crippen LogP contribution is -2.36. The molecule has 1 aliphatic rings. The van der Waals surface area contributed by atoms with Gasteiger partial charge >= 0.3 is 5.97 Å². The van der Waals surface area contributed by atoms with Crippen molar-refractivity contribution in [1.29, 1.82) is 0 Å². The number of carboxylic acid groups (broad SMARTS) is 1. The van der Waals surface area contributed by atoms with Crippen molar-refractivity contribution in [3.05, 3.63) is 17.0 Å². The van der Waals surface area contributed by atoms with Crippen molar-refractivity contribution in [3.63, 3.8) is 0 Å². The highest BCUT2D eigenvalue weighted by molar-refractivity contribution is 5.87. The molecule has 0 fully saturated rings. The SMILES string of the molecule is CC(C)CC(=O)N1CCc2c(C(=O)O)n[nH]c2C1. The quantitative estimate of drug-likeness (QED) is 0.840. The van der Waals surface area contributed by atoms with Gasteiger partial charge in [0, 0.05) is 18.5 Å². The zero-order valence-corrected chi connectivity index (χ0v) is 10.6. The summed E-state index contributed by atoms with van der Waals surface area (Å²) in [4.78, 5) is 24.6. The number of carbonyl (C=O) groups is 2. The van der Waals surface area contributed by atoms with E-state index in [-0.39, 0.29) is 11.6 Å². The van der Waals surface area contributed by atoms with E-state index in [0.717, 1.165) is 11.3 Å². The van der Waals surface area contributed by atoms with E-state index in [0.29, 0.717) is 31.8 Å². The first kappa shape index (κ1) is 12.6. The Kier molecular flexibility index (Phi) is 3.36. The summed E-state index contributed by atoms with van der Waals surface area (Å²) in [6.07, 6.45) is 1.08. The summed E-state index contributed by atoms with van der Waals surface area (Å²) < 4.78 is 0. The van der Waals surface area contributed by atoms with Crippen LogP contribution in [0.4, 0.5) is 0 Å². The molecule has 0 saturated heterocycles. The molecule has 1 aromatic rings. The summed E-state index contributed by atoms with van der Waals surface area (Å²) in [7, 11) is 0. The molecule has 1 amide bonds. The second-order valence-electron chi connectivity index (χ2n) is 5.00. The van der Waals surface area contributed by atoms with E-state index in [1.165, 1.54) is 0 Å². The minimum atomic E-state index is -1.02. The number of amides is 1. The molecule has 0 bridgehead atoms. The van der Waals surface area contributed by atoms with Gasteiger partial charge in [-0.25, -0.2) is 4.79 Å². The standard InChI is InChI=1S/C12H17N3O3/c1-7(2)5-10(16)15-4-3-8-9(6-15)13-14-11(8)12(17)18/h7H,3-6H2,1-2H3,(H,13,14)(H,17,18). The number of H-pyrrole nitrogens is 1. The van der Waals surface area contributed by atoms with E-state index < -0.39 is 5.97 Å². The number of hydrogen-bond acceptors (Lipinski definition) is 3. The predicted molar refractivity (Wildman–Crippen MR) is 64.1 cm³/mol. The number of fused-ring (bicyclic) bond motifs is 1. The van der Waals surface area contributed by atoms with Crippen LogP contribution in [0.2, 0.25) is 0 Å². The molecule has 1 aliphatic heterocycles. The van der Waals surface area contributed by atoms with Crippen molar-refractivity contribution in [2.75, 3.05) is 6.54 Å². The minimum absolute atomic E-state index is 0.0842. The first-order valence-corrected chi connectivity index (χ1v) is 6.06. The Morgan fingerprint density at radius 2 is 2.22 bits per heavy atom. The zero-order valence-electron chi connectivity index (χ0n) is 10.6. The lowest BCUT2D eigenvalue weighted by molar-refractivity contribution is -0.132. The maximum atomic E-state index is 11.9. The fourth-order valence-corrected chi connectivity index (χ4v) is 2.19. The normalized spacial score (nSPS) is 14.7. The van der Waals surface area contributed by atoms with E-state index in [1.807, 2.05) is 13.8 Å². The van der Waals surface area contributed by atoms with Gasteiger partial charge in [0.1, 0.15) is 0 Å². The summed E-state index contributed by atoms with van der Waals surface area (Å²) in [5.74, 6) is -0.577. The molecule has 0 radical (unpaired) electrons. The maximum absolute atomic E-state index is 11.9. The third-order valence-electron chi connectivity index (χ3n) is 3.07. The van der Waals surface area contributed by atoms with Gasteiger partial charge in [-0.05, 0) is 12.3 Å². The van der Waals surface area contributed by atoms with Crippen molar-refractivity contribution in [2.24, 2.45) is 5.92 Å². The number of nitrogens with one attached hydrogen (secondary N) is 1. The Balaban J connectivity index is 2.11. The van der Waals surface area contributed by atoms with Crippen molar-refractivity contribution in [2.45, 2.75) is 33.2 Å². The number of carbonyl (C=O) groups excluding carboxylic acids is 1. The fourth-order valence-electron chi connectivity index (χ4n) is 2.19. The molecule has 6 heteroatoms. The van der Waals surface area contributed by atoms with Crippen LogP contribution in [0.1, 0.15) is 42.0 Å². The zero-order chi connectivity index (χ0) is 13.3. The van der Waals surface area contributed by atoms with E-state index in [4.69, 9.17) is 5.11 Å². The van der Waals surface area contributed by atoms with Gasteiger partial charge in [-0.2, -0.15) is 5.10 Å². The van der Waals surface area contributed by atoms with Gasteiger partial charge < -0.3 is 10.0 Å². The molecule has 2 heterocycles. The molecular formula is C12H17N3O3. The van der Waals surface area contributed by atoms with Crippen LogP contribution < -0.4 is 0 Å². The third kappa shape index (κ3) is 2.37. The third-order valence-corrected chi connectivity index (χ3v) is 3.07. The van der Waals surface area contributed by atoms with Gasteiger partial charge in [-0.1, -0.05) is 13.8 Å². The molecule has 0 atom stereocenters. The highest BCUT2D eigenvalue weighted by Gasteiger charge is 2.27. The van der Waals surface area contributed by atoms with Gasteiger partial charge in [0.05, 0.1) is 12.2 Å². The Morgan fingerprint density at radius 3 is 2.83 bits per heavy atom. The van der Waals surface area contributed by atoms with Gasteiger partial charge in [-0.3, -0.25) is 9.89 Å². The molecule has 0 aromatic carbocycles. The summed E-state index contributed by atoms with van der Waals surface area (Å²) in [6, 6.07) is 0. The number of aromatic amines is 1. The number of carboxylic acids is 1. The smallest absolute Gasteiger partial charge is 0.356 e. The number of aromatic nitrogens is 2. The van der Waals surface area contributed by atoms with Crippen LogP contribution in [0.15, 0.2) is 0 Å². The summed E-state index contributed by atoms with van der Waals surface area (Å²) >= 11 is 0. The molecule has 0 aliphatic carbocycles. The molecular weight excluding hydrogens is 234 g/mol. The van der Waals surface area contributed by atoms with Gasteiger partial charge in [0.25, 0.3) is 0 Å². The van der Waals surface area contributed by atoms with Crippen LogP contribution >= 0.6 is 0 Å². The number of hydrogen-bond donors (Lipinski definition) is 2. The van der Waals surface area contributed by atoms with Crippen LogP contribution in [0.5, 0.6) is 0 Å². The predicted octanol–water partition coefficient (Wildman–Crippen LogP) is 1.04. The number of nitrogens with zero attached hydrogens (tertiary/aromatic N) is 2. The highest BCUT2D eigenvalue weighted by atomic mass is 16.4. The first-order chi connectivity index (χ1) is 8.49. The molecule has 18 heavy (non-hydrogen) atoms. The van der Waals surface area contributed by atoms with E-state index in [1.54, 1.807) is 4.90 Å². The van der Waals surface area contributed by atoms with E-state index in [2.05, 4.69) is 10.2 Å². The second-order valence-corrected chi connectivity index (χ2v) is 5.00. The Hall–Kier alpha value is -1.85. The average Bonchev–Trinajstić information content (AvgIpc) is 2.70. The van der Waals surface area contributed by atoms with Crippen LogP contribution in [0.25, 0.3) is 0 Å². The minimum Gasteiger partial charge on any atom is -0.476 e. The lowest BCUT2D eigenvalue weighted by Gasteiger charge is -2.27. The molecule has 0 spiro atoms. The van der Waals surface area contributed by atoms with Crippen molar-refractivity contribution in [3.8, 4) is 0 Å². The topological polar surface area (TPSA) is 86.3 Å². The maximum Gasteiger partial charge on any atom is 0.356 e. The van der Waals surface area contributed by atoms with Crippen LogP contribution in [0, 0.1) is 5.92 Å². The summed E-state index contributed by atoms with van der Waals surface area (Å²) in [6.45, 7) is 5.01. The van der Waals surface area contributed by atoms with Gasteiger partial charge in [-0.15, -0.1) is 0 Å². The Bertz CT molecular complexity index is 479. The van der Waals surface area contributed by atoms with Gasteiger partial charge in [0.15, 0.2) is 5.69 Å². The van der Waals surface area contributed by atoms with E-state index >= 15 is 0 Å². The molecule has 0 saturated carbocycles. The van der Waals surface area contributed by atoms with Crippen molar-refractivity contribution >= 4 is 11.9 Å². The van der Waals surface area contributed by atoms with Crippen LogP contribution in [-0.4, -0.2) is 38.6 Å². The molecule has 1 aromatic heterocycles. The largest absolute Gasteiger partial charge is 0.476 e. The van der Waals surface area contributed by atoms with Crippen LogP contribution in [0.3, 0.4) is 0 Å². The molecule has 0 unspecified atom stereocenters. The Morgan fingerprint density at radius 1 is 1.50 bits per heavy atom. The molecule has 98 valence electrons. The molecule has 2 N–H and O–H groups in total. The van der Waals surface area contributed by atoms with Crippen LogP contribution in [-0.2, 0) is 17.8 Å². The second kappa shape index (κ2) is 4.80. The average molecular weight is 251 g/mol. The highest BCUT2D eigenvalue weighted by Crippen LogP contribution is 2.21.